The lowest BCUT2D eigenvalue weighted by atomic mass is 10.0. The van der Waals surface area contributed by atoms with E-state index in [1.54, 1.807) is 4.90 Å². The lowest BCUT2D eigenvalue weighted by Crippen LogP contribution is -2.44. The molecule has 116 valence electrons. The number of nitrogens with zero attached hydrogens (tertiary/aromatic N) is 1. The van der Waals surface area contributed by atoms with E-state index in [1.807, 2.05) is 45.3 Å². The summed E-state index contributed by atoms with van der Waals surface area (Å²) in [4.78, 5) is 14.1. The second-order valence-corrected chi connectivity index (χ2v) is 5.41. The Morgan fingerprint density at radius 3 is 2.90 bits per heavy atom. The van der Waals surface area contributed by atoms with Crippen molar-refractivity contribution in [3.63, 3.8) is 0 Å². The average Bonchev–Trinajstić information content (AvgIpc) is 2.96. The molecule has 0 spiro atoms. The lowest BCUT2D eigenvalue weighted by molar-refractivity contribution is -0.134. The molecule has 0 saturated carbocycles. The summed E-state index contributed by atoms with van der Waals surface area (Å²) >= 11 is 0. The third kappa shape index (κ3) is 3.95. The Morgan fingerprint density at radius 1 is 1.43 bits per heavy atom. The highest BCUT2D eigenvalue weighted by Crippen LogP contribution is 2.17. The van der Waals surface area contributed by atoms with E-state index in [9.17, 15) is 4.79 Å². The molecule has 1 aromatic carbocycles. The van der Waals surface area contributed by atoms with Crippen LogP contribution in [0.1, 0.15) is 5.56 Å². The molecule has 2 unspecified atom stereocenters. The number of para-hydroxylation sites is 1. The summed E-state index contributed by atoms with van der Waals surface area (Å²) in [6.07, 6.45) is 0. The first-order valence-corrected chi connectivity index (χ1v) is 7.32. The fraction of sp³-hybridized carbons (Fsp3) is 0.562. The summed E-state index contributed by atoms with van der Waals surface area (Å²) in [5.74, 6) is 0.884. The molecule has 0 aliphatic carbocycles. The van der Waals surface area contributed by atoms with Crippen molar-refractivity contribution >= 4 is 5.91 Å². The van der Waals surface area contributed by atoms with Gasteiger partial charge in [0.2, 0.25) is 5.91 Å². The van der Waals surface area contributed by atoms with Gasteiger partial charge in [0.25, 0.3) is 0 Å². The molecule has 2 atom stereocenters. The van der Waals surface area contributed by atoms with Gasteiger partial charge >= 0.3 is 0 Å². The molecule has 1 saturated heterocycles. The summed E-state index contributed by atoms with van der Waals surface area (Å²) in [5.41, 5.74) is 1.10. The minimum Gasteiger partial charge on any atom is -0.491 e. The van der Waals surface area contributed by atoms with Gasteiger partial charge in [-0.3, -0.25) is 4.79 Å². The number of rotatable bonds is 6. The number of ether oxygens (including phenoxy) is 2. The van der Waals surface area contributed by atoms with Crippen LogP contribution in [0.2, 0.25) is 0 Å². The number of likely N-dealkylation sites (N-methyl/N-ethyl adjacent to an activating group) is 2. The van der Waals surface area contributed by atoms with Gasteiger partial charge in [0.1, 0.15) is 12.4 Å². The molecule has 1 heterocycles. The third-order valence-electron chi connectivity index (χ3n) is 3.92. The first kappa shape index (κ1) is 15.8. The largest absolute Gasteiger partial charge is 0.491 e. The quantitative estimate of drug-likeness (QED) is 0.852. The van der Waals surface area contributed by atoms with Crippen LogP contribution in [0.4, 0.5) is 0 Å². The van der Waals surface area contributed by atoms with Gasteiger partial charge < -0.3 is 19.7 Å². The van der Waals surface area contributed by atoms with E-state index in [1.165, 1.54) is 0 Å². The van der Waals surface area contributed by atoms with Crippen molar-refractivity contribution in [2.75, 3.05) is 40.5 Å². The smallest absolute Gasteiger partial charge is 0.229 e. The third-order valence-corrected chi connectivity index (χ3v) is 3.92. The van der Waals surface area contributed by atoms with E-state index < -0.39 is 0 Å². The van der Waals surface area contributed by atoms with E-state index in [-0.39, 0.29) is 17.9 Å². The van der Waals surface area contributed by atoms with Crippen molar-refractivity contribution in [1.29, 1.82) is 0 Å². The molecule has 1 aliphatic rings. The minimum absolute atomic E-state index is 0.0986. The number of nitrogens with one attached hydrogen (secondary N) is 1. The Hall–Kier alpha value is -1.59. The number of benzene rings is 1. The molecule has 1 aliphatic heterocycles. The Labute approximate surface area is 126 Å². The number of aryl methyl sites for hydroxylation is 1. The Morgan fingerprint density at radius 2 is 2.19 bits per heavy atom. The van der Waals surface area contributed by atoms with Crippen LogP contribution in [0, 0.1) is 12.8 Å². The van der Waals surface area contributed by atoms with Gasteiger partial charge in [-0.05, 0) is 25.6 Å². The van der Waals surface area contributed by atoms with E-state index in [0.29, 0.717) is 26.4 Å². The highest BCUT2D eigenvalue weighted by atomic mass is 16.5. The Kier molecular flexibility index (Phi) is 5.59. The standard InChI is InChI=1S/C16H24N2O3/c1-12-6-4-5-7-15(12)21-9-8-18(3)16(19)13-10-20-11-14(13)17-2/h4-7,13-14,17H,8-11H2,1-3H3. The summed E-state index contributed by atoms with van der Waals surface area (Å²) < 4.78 is 11.1. The zero-order chi connectivity index (χ0) is 15.2. The number of carbonyl (C=O) groups is 1. The van der Waals surface area contributed by atoms with Gasteiger partial charge in [-0.25, -0.2) is 0 Å². The normalized spacial score (nSPS) is 21.3. The molecular formula is C16H24N2O3. The zero-order valence-electron chi connectivity index (χ0n) is 13.0. The summed E-state index contributed by atoms with van der Waals surface area (Å²) in [6, 6.07) is 7.99. The topological polar surface area (TPSA) is 50.8 Å². The van der Waals surface area contributed by atoms with Gasteiger partial charge in [0.15, 0.2) is 0 Å². The number of carbonyl (C=O) groups excluding carboxylic acids is 1. The Bertz CT molecular complexity index is 478. The maximum Gasteiger partial charge on any atom is 0.229 e. The van der Waals surface area contributed by atoms with Crippen LogP contribution in [-0.4, -0.2) is 57.3 Å². The highest BCUT2D eigenvalue weighted by Gasteiger charge is 2.34. The minimum atomic E-state index is -0.0986. The second-order valence-electron chi connectivity index (χ2n) is 5.41. The van der Waals surface area contributed by atoms with Crippen LogP contribution in [0.25, 0.3) is 0 Å². The van der Waals surface area contributed by atoms with Crippen molar-refractivity contribution < 1.29 is 14.3 Å². The first-order valence-electron chi connectivity index (χ1n) is 7.32. The Balaban J connectivity index is 1.80. The second kappa shape index (κ2) is 7.43. The molecule has 21 heavy (non-hydrogen) atoms. The SMILES string of the molecule is CNC1COCC1C(=O)N(C)CCOc1ccccc1C. The van der Waals surface area contributed by atoms with Gasteiger partial charge in [-0.2, -0.15) is 0 Å². The van der Waals surface area contributed by atoms with Crippen LogP contribution in [-0.2, 0) is 9.53 Å². The molecular weight excluding hydrogens is 268 g/mol. The van der Waals surface area contributed by atoms with Gasteiger partial charge in [-0.15, -0.1) is 0 Å². The zero-order valence-corrected chi connectivity index (χ0v) is 13.0. The van der Waals surface area contributed by atoms with Crippen LogP contribution in [0.5, 0.6) is 5.75 Å². The lowest BCUT2D eigenvalue weighted by Gasteiger charge is -2.23. The fourth-order valence-electron chi connectivity index (χ4n) is 2.49. The average molecular weight is 292 g/mol. The predicted octanol–water partition coefficient (Wildman–Crippen LogP) is 1.07. The molecule has 0 bridgehead atoms. The maximum absolute atomic E-state index is 12.4. The van der Waals surface area contributed by atoms with E-state index in [2.05, 4.69) is 5.32 Å². The molecule has 0 radical (unpaired) electrons. The predicted molar refractivity (Wildman–Crippen MR) is 81.5 cm³/mol. The van der Waals surface area contributed by atoms with Crippen molar-refractivity contribution in [1.82, 2.24) is 10.2 Å². The molecule has 0 aromatic heterocycles. The van der Waals surface area contributed by atoms with E-state index in [4.69, 9.17) is 9.47 Å². The molecule has 1 aromatic rings. The molecule has 1 N–H and O–H groups in total. The molecule has 5 heteroatoms. The number of hydrogen-bond donors (Lipinski definition) is 1. The van der Waals surface area contributed by atoms with Gasteiger partial charge in [0.05, 0.1) is 25.7 Å². The van der Waals surface area contributed by atoms with Crippen LogP contribution in [0.15, 0.2) is 24.3 Å². The van der Waals surface area contributed by atoms with Crippen molar-refractivity contribution in [3.05, 3.63) is 29.8 Å². The van der Waals surface area contributed by atoms with Crippen molar-refractivity contribution in [3.8, 4) is 5.75 Å². The summed E-state index contributed by atoms with van der Waals surface area (Å²) in [6.45, 7) is 4.16. The summed E-state index contributed by atoms with van der Waals surface area (Å²) in [5, 5.41) is 3.14. The van der Waals surface area contributed by atoms with Crippen LogP contribution >= 0.6 is 0 Å². The van der Waals surface area contributed by atoms with Crippen LogP contribution < -0.4 is 10.1 Å². The van der Waals surface area contributed by atoms with E-state index >= 15 is 0 Å². The molecule has 5 nitrogen and oxygen atoms in total. The molecule has 1 amide bonds. The molecule has 2 rings (SSSR count). The number of hydrogen-bond acceptors (Lipinski definition) is 4. The van der Waals surface area contributed by atoms with Crippen LogP contribution in [0.3, 0.4) is 0 Å². The fourth-order valence-corrected chi connectivity index (χ4v) is 2.49. The summed E-state index contributed by atoms with van der Waals surface area (Å²) in [7, 11) is 3.68. The van der Waals surface area contributed by atoms with Crippen molar-refractivity contribution in [2.45, 2.75) is 13.0 Å². The highest BCUT2D eigenvalue weighted by molar-refractivity contribution is 5.79. The number of amides is 1. The first-order chi connectivity index (χ1) is 10.1. The monoisotopic (exact) mass is 292 g/mol. The molecule has 1 fully saturated rings. The van der Waals surface area contributed by atoms with Gasteiger partial charge in [-0.1, -0.05) is 18.2 Å². The maximum atomic E-state index is 12.4. The van der Waals surface area contributed by atoms with Gasteiger partial charge in [0, 0.05) is 13.1 Å². The van der Waals surface area contributed by atoms with E-state index in [0.717, 1.165) is 11.3 Å². The van der Waals surface area contributed by atoms with Crippen molar-refractivity contribution in [2.24, 2.45) is 5.92 Å².